The van der Waals surface area contributed by atoms with Gasteiger partial charge in [0.15, 0.2) is 0 Å². The lowest BCUT2D eigenvalue weighted by Gasteiger charge is -2.09. The van der Waals surface area contributed by atoms with Gasteiger partial charge < -0.3 is 4.74 Å². The van der Waals surface area contributed by atoms with E-state index in [1.807, 2.05) is 61.5 Å². The average Bonchev–Trinajstić information content (AvgIpc) is 2.47. The number of benzene rings is 2. The minimum absolute atomic E-state index is 0.0751. The summed E-state index contributed by atoms with van der Waals surface area (Å²) in [5.41, 5.74) is 2.32. The van der Waals surface area contributed by atoms with Crippen molar-refractivity contribution in [1.82, 2.24) is 0 Å². The topological polar surface area (TPSA) is 26.3 Å². The van der Waals surface area contributed by atoms with E-state index in [4.69, 9.17) is 4.74 Å². The van der Waals surface area contributed by atoms with Gasteiger partial charge in [0.25, 0.3) is 0 Å². The van der Waals surface area contributed by atoms with E-state index in [0.717, 1.165) is 17.7 Å². The van der Waals surface area contributed by atoms with Crippen molar-refractivity contribution in [1.29, 1.82) is 0 Å². The van der Waals surface area contributed by atoms with E-state index >= 15 is 0 Å². The summed E-state index contributed by atoms with van der Waals surface area (Å²) < 4.78 is 5.73. The molecule has 0 spiro atoms. The predicted molar refractivity (Wildman–Crippen MR) is 80.8 cm³/mol. The second kappa shape index (κ2) is 6.90. The third-order valence-corrected chi connectivity index (χ3v) is 3.41. The molecule has 20 heavy (non-hydrogen) atoms. The van der Waals surface area contributed by atoms with Crippen molar-refractivity contribution in [3.8, 4) is 5.75 Å². The number of rotatable bonds is 6. The molecule has 104 valence electrons. The predicted octanol–water partition coefficient (Wildman–Crippen LogP) is 4.03. The van der Waals surface area contributed by atoms with Crippen LogP contribution < -0.4 is 4.74 Å². The number of hydrogen-bond donors (Lipinski definition) is 0. The van der Waals surface area contributed by atoms with E-state index in [1.165, 1.54) is 5.56 Å². The zero-order chi connectivity index (χ0) is 14.4. The molecule has 0 aliphatic heterocycles. The van der Waals surface area contributed by atoms with Crippen molar-refractivity contribution < 1.29 is 9.53 Å². The summed E-state index contributed by atoms with van der Waals surface area (Å²) in [6.07, 6.45) is 0.786. The lowest BCUT2D eigenvalue weighted by atomic mass is 9.98. The first-order valence-corrected chi connectivity index (χ1v) is 6.91. The number of ether oxygens (including phenoxy) is 1. The standard InChI is InChI=1S/C18H20O2/c1-14(15(2)19)12-16-8-10-18(11-9-16)20-13-17-6-4-3-5-7-17/h3-11,14H,12-13H2,1-2H3. The normalized spacial score (nSPS) is 11.9. The number of carbonyl (C=O) groups excluding carboxylic acids is 1. The number of Topliss-reactive ketones (excluding diaryl/α,β-unsaturated/α-hetero) is 1. The van der Waals surface area contributed by atoms with E-state index in [1.54, 1.807) is 6.92 Å². The highest BCUT2D eigenvalue weighted by Crippen LogP contribution is 2.16. The van der Waals surface area contributed by atoms with Crippen molar-refractivity contribution >= 4 is 5.78 Å². The molecule has 0 radical (unpaired) electrons. The summed E-state index contributed by atoms with van der Waals surface area (Å²) in [5.74, 6) is 1.16. The highest BCUT2D eigenvalue weighted by Gasteiger charge is 2.08. The van der Waals surface area contributed by atoms with Crippen molar-refractivity contribution in [3.05, 3.63) is 65.7 Å². The zero-order valence-corrected chi connectivity index (χ0v) is 12.0. The molecule has 0 aliphatic rings. The van der Waals surface area contributed by atoms with Crippen LogP contribution in [0, 0.1) is 5.92 Å². The minimum atomic E-state index is 0.0751. The molecular formula is C18H20O2. The maximum absolute atomic E-state index is 11.2. The monoisotopic (exact) mass is 268 g/mol. The molecule has 0 saturated carbocycles. The van der Waals surface area contributed by atoms with Gasteiger partial charge in [-0.2, -0.15) is 0 Å². The third-order valence-electron chi connectivity index (χ3n) is 3.41. The number of ketones is 1. The molecule has 2 nitrogen and oxygen atoms in total. The highest BCUT2D eigenvalue weighted by molar-refractivity contribution is 5.78. The summed E-state index contributed by atoms with van der Waals surface area (Å²) >= 11 is 0. The molecule has 0 bridgehead atoms. The summed E-state index contributed by atoms with van der Waals surface area (Å²) in [4.78, 5) is 11.2. The number of carbonyl (C=O) groups is 1. The maximum atomic E-state index is 11.2. The van der Waals surface area contributed by atoms with E-state index in [2.05, 4.69) is 0 Å². The molecule has 2 rings (SSSR count). The van der Waals surface area contributed by atoms with Crippen LogP contribution in [0.1, 0.15) is 25.0 Å². The smallest absolute Gasteiger partial charge is 0.132 e. The Morgan fingerprint density at radius 1 is 1.00 bits per heavy atom. The molecule has 0 heterocycles. The molecule has 2 heteroatoms. The van der Waals surface area contributed by atoms with Crippen LogP contribution in [0.3, 0.4) is 0 Å². The summed E-state index contributed by atoms with van der Waals surface area (Å²) in [6, 6.07) is 18.1. The van der Waals surface area contributed by atoms with Gasteiger partial charge in [-0.15, -0.1) is 0 Å². The van der Waals surface area contributed by atoms with Gasteiger partial charge in [0.05, 0.1) is 0 Å². The third kappa shape index (κ3) is 4.23. The zero-order valence-electron chi connectivity index (χ0n) is 12.0. The van der Waals surface area contributed by atoms with Gasteiger partial charge >= 0.3 is 0 Å². The Kier molecular flexibility index (Phi) is 4.94. The molecule has 2 aromatic carbocycles. The van der Waals surface area contributed by atoms with E-state index < -0.39 is 0 Å². The van der Waals surface area contributed by atoms with Crippen LogP contribution in [0.5, 0.6) is 5.75 Å². The van der Waals surface area contributed by atoms with Gasteiger partial charge in [0.2, 0.25) is 0 Å². The fourth-order valence-electron chi connectivity index (χ4n) is 1.96. The Morgan fingerprint density at radius 3 is 2.25 bits per heavy atom. The summed E-state index contributed by atoms with van der Waals surface area (Å²) in [5, 5.41) is 0. The van der Waals surface area contributed by atoms with Crippen LogP contribution in [0.4, 0.5) is 0 Å². The first kappa shape index (κ1) is 14.3. The highest BCUT2D eigenvalue weighted by atomic mass is 16.5. The maximum Gasteiger partial charge on any atom is 0.132 e. The van der Waals surface area contributed by atoms with Gasteiger partial charge in [0.1, 0.15) is 18.1 Å². The van der Waals surface area contributed by atoms with Crippen LogP contribution in [0.15, 0.2) is 54.6 Å². The summed E-state index contributed by atoms with van der Waals surface area (Å²) in [7, 11) is 0. The molecule has 0 aromatic heterocycles. The Hall–Kier alpha value is -2.09. The van der Waals surface area contributed by atoms with E-state index in [-0.39, 0.29) is 11.7 Å². The van der Waals surface area contributed by atoms with Gasteiger partial charge in [0, 0.05) is 5.92 Å². The molecular weight excluding hydrogens is 248 g/mol. The lowest BCUT2D eigenvalue weighted by molar-refractivity contribution is -0.120. The van der Waals surface area contributed by atoms with Crippen molar-refractivity contribution in [2.45, 2.75) is 26.9 Å². The van der Waals surface area contributed by atoms with Crippen LogP contribution in [-0.4, -0.2) is 5.78 Å². The quantitative estimate of drug-likeness (QED) is 0.790. The van der Waals surface area contributed by atoms with Crippen LogP contribution in [-0.2, 0) is 17.8 Å². The fraction of sp³-hybridized carbons (Fsp3) is 0.278. The second-order valence-corrected chi connectivity index (χ2v) is 5.13. The first-order chi connectivity index (χ1) is 9.65. The largest absolute Gasteiger partial charge is 0.489 e. The Bertz CT molecular complexity index is 543. The lowest BCUT2D eigenvalue weighted by Crippen LogP contribution is -2.09. The molecule has 0 fully saturated rings. The minimum Gasteiger partial charge on any atom is -0.489 e. The van der Waals surface area contributed by atoms with Crippen LogP contribution >= 0.6 is 0 Å². The van der Waals surface area contributed by atoms with Crippen LogP contribution in [0.25, 0.3) is 0 Å². The van der Waals surface area contributed by atoms with Gasteiger partial charge in [-0.3, -0.25) is 4.79 Å². The van der Waals surface area contributed by atoms with E-state index in [9.17, 15) is 4.79 Å². The average molecular weight is 268 g/mol. The Morgan fingerprint density at radius 2 is 1.65 bits per heavy atom. The molecule has 0 amide bonds. The summed E-state index contributed by atoms with van der Waals surface area (Å²) in [6.45, 7) is 4.17. The first-order valence-electron chi connectivity index (χ1n) is 6.91. The van der Waals surface area contributed by atoms with Gasteiger partial charge in [-0.25, -0.2) is 0 Å². The number of hydrogen-bond acceptors (Lipinski definition) is 2. The van der Waals surface area contributed by atoms with Crippen LogP contribution in [0.2, 0.25) is 0 Å². The van der Waals surface area contributed by atoms with Gasteiger partial charge in [-0.1, -0.05) is 49.4 Å². The molecule has 2 aromatic rings. The Labute approximate surface area is 120 Å². The van der Waals surface area contributed by atoms with Crippen molar-refractivity contribution in [2.24, 2.45) is 5.92 Å². The molecule has 0 N–H and O–H groups in total. The molecule has 1 unspecified atom stereocenters. The van der Waals surface area contributed by atoms with Gasteiger partial charge in [-0.05, 0) is 36.6 Å². The molecule has 0 aliphatic carbocycles. The van der Waals surface area contributed by atoms with E-state index in [0.29, 0.717) is 6.61 Å². The SMILES string of the molecule is CC(=O)C(C)Cc1ccc(OCc2ccccc2)cc1. The molecule has 0 saturated heterocycles. The Balaban J connectivity index is 1.90. The second-order valence-electron chi connectivity index (χ2n) is 5.13. The van der Waals surface area contributed by atoms with Crippen molar-refractivity contribution in [3.63, 3.8) is 0 Å². The fourth-order valence-corrected chi connectivity index (χ4v) is 1.96. The van der Waals surface area contributed by atoms with Crippen molar-refractivity contribution in [2.75, 3.05) is 0 Å². The molecule has 1 atom stereocenters.